The molecule has 0 saturated heterocycles. The van der Waals surface area contributed by atoms with Crippen LogP contribution in [0.5, 0.6) is 5.75 Å². The number of aromatic nitrogens is 3. The second kappa shape index (κ2) is 8.12. The standard InChI is InChI=1S/C16H13N5O4S/c22-12-3-1-11(2-4-12)15-20-21-16(25-15)26-9-13(23)18-19-14(24)10-5-7-17-8-6-10/h1-8,22H,9H2,(H,18,23)(H,19,24). The first kappa shape index (κ1) is 17.4. The Bertz CT molecular complexity index is 899. The fourth-order valence-corrected chi connectivity index (χ4v) is 2.42. The van der Waals surface area contributed by atoms with Crippen molar-refractivity contribution in [3.63, 3.8) is 0 Å². The number of phenols is 1. The molecule has 3 N–H and O–H groups in total. The van der Waals surface area contributed by atoms with Crippen molar-refractivity contribution in [1.29, 1.82) is 0 Å². The number of pyridine rings is 1. The lowest BCUT2D eigenvalue weighted by Crippen LogP contribution is -2.42. The van der Waals surface area contributed by atoms with E-state index in [0.717, 1.165) is 11.8 Å². The minimum atomic E-state index is -0.446. The Morgan fingerprint density at radius 2 is 1.77 bits per heavy atom. The van der Waals surface area contributed by atoms with Gasteiger partial charge in [0.1, 0.15) is 5.75 Å². The highest BCUT2D eigenvalue weighted by molar-refractivity contribution is 7.99. The van der Waals surface area contributed by atoms with Crippen molar-refractivity contribution in [3.8, 4) is 17.2 Å². The number of rotatable bonds is 5. The lowest BCUT2D eigenvalue weighted by Gasteiger charge is -2.06. The van der Waals surface area contributed by atoms with E-state index in [2.05, 4.69) is 26.0 Å². The van der Waals surface area contributed by atoms with Gasteiger partial charge in [0.25, 0.3) is 11.1 Å². The number of carbonyl (C=O) groups excluding carboxylic acids is 2. The molecule has 0 aliphatic rings. The molecule has 132 valence electrons. The summed E-state index contributed by atoms with van der Waals surface area (Å²) in [5, 5.41) is 17.2. The van der Waals surface area contributed by atoms with Crippen molar-refractivity contribution in [3.05, 3.63) is 54.4 Å². The van der Waals surface area contributed by atoms with Crippen molar-refractivity contribution in [2.45, 2.75) is 5.22 Å². The van der Waals surface area contributed by atoms with E-state index in [0.29, 0.717) is 11.1 Å². The summed E-state index contributed by atoms with van der Waals surface area (Å²) in [5.74, 6) is -0.486. The zero-order valence-corrected chi connectivity index (χ0v) is 14.1. The van der Waals surface area contributed by atoms with E-state index < -0.39 is 11.8 Å². The summed E-state index contributed by atoms with van der Waals surface area (Å²) in [7, 11) is 0. The summed E-state index contributed by atoms with van der Waals surface area (Å²) in [4.78, 5) is 27.4. The highest BCUT2D eigenvalue weighted by Gasteiger charge is 2.12. The fourth-order valence-electron chi connectivity index (χ4n) is 1.85. The number of hydrogen-bond donors (Lipinski definition) is 3. The van der Waals surface area contributed by atoms with Crippen molar-refractivity contribution >= 4 is 23.6 Å². The van der Waals surface area contributed by atoms with Crippen LogP contribution in [0, 0.1) is 0 Å². The third kappa shape index (κ3) is 4.57. The first-order valence-corrected chi connectivity index (χ1v) is 8.35. The molecule has 0 fully saturated rings. The summed E-state index contributed by atoms with van der Waals surface area (Å²) in [5.41, 5.74) is 5.63. The van der Waals surface area contributed by atoms with Gasteiger partial charge in [-0.3, -0.25) is 25.4 Å². The molecule has 0 aliphatic carbocycles. The molecule has 0 radical (unpaired) electrons. The van der Waals surface area contributed by atoms with Gasteiger partial charge in [0, 0.05) is 23.5 Å². The van der Waals surface area contributed by atoms with E-state index in [1.165, 1.54) is 36.7 Å². The van der Waals surface area contributed by atoms with Gasteiger partial charge in [-0.1, -0.05) is 11.8 Å². The summed E-state index contributed by atoms with van der Waals surface area (Å²) in [6, 6.07) is 9.34. The monoisotopic (exact) mass is 371 g/mol. The topological polar surface area (TPSA) is 130 Å². The molecule has 3 aromatic rings. The Hall–Kier alpha value is -3.40. The maximum Gasteiger partial charge on any atom is 0.277 e. The van der Waals surface area contributed by atoms with Crippen molar-refractivity contribution in [2.24, 2.45) is 0 Å². The third-order valence-corrected chi connectivity index (χ3v) is 3.92. The SMILES string of the molecule is O=C(CSc1nnc(-c2ccc(O)cc2)o1)NNC(=O)c1ccncc1. The van der Waals surface area contributed by atoms with Gasteiger partial charge in [0.15, 0.2) is 0 Å². The lowest BCUT2D eigenvalue weighted by atomic mass is 10.2. The minimum absolute atomic E-state index is 0.0200. The lowest BCUT2D eigenvalue weighted by molar-refractivity contribution is -0.119. The smallest absolute Gasteiger partial charge is 0.277 e. The molecule has 2 amide bonds. The number of amides is 2. The molecule has 3 rings (SSSR count). The van der Waals surface area contributed by atoms with Crippen LogP contribution in [0.3, 0.4) is 0 Å². The number of nitrogens with one attached hydrogen (secondary N) is 2. The zero-order valence-electron chi connectivity index (χ0n) is 13.2. The number of nitrogens with zero attached hydrogens (tertiary/aromatic N) is 3. The summed E-state index contributed by atoms with van der Waals surface area (Å²) >= 11 is 1.03. The number of carbonyl (C=O) groups is 2. The Labute approximate surface area is 151 Å². The molecule has 0 saturated carbocycles. The largest absolute Gasteiger partial charge is 0.508 e. The van der Waals surface area contributed by atoms with Gasteiger partial charge in [-0.05, 0) is 36.4 Å². The molecular formula is C16H13N5O4S. The normalized spacial score (nSPS) is 10.3. The van der Waals surface area contributed by atoms with Crippen LogP contribution in [0.25, 0.3) is 11.5 Å². The van der Waals surface area contributed by atoms with Crippen LogP contribution in [0.15, 0.2) is 58.4 Å². The van der Waals surface area contributed by atoms with Gasteiger partial charge in [-0.2, -0.15) is 0 Å². The van der Waals surface area contributed by atoms with E-state index in [-0.39, 0.29) is 22.6 Å². The predicted octanol–water partition coefficient (Wildman–Crippen LogP) is 1.39. The maximum atomic E-state index is 11.8. The van der Waals surface area contributed by atoms with Crippen molar-refractivity contribution in [2.75, 3.05) is 5.75 Å². The summed E-state index contributed by atoms with van der Waals surface area (Å²) < 4.78 is 5.44. The maximum absolute atomic E-state index is 11.8. The molecule has 10 heteroatoms. The van der Waals surface area contributed by atoms with E-state index in [4.69, 9.17) is 4.42 Å². The molecular weight excluding hydrogens is 358 g/mol. The van der Waals surface area contributed by atoms with Gasteiger partial charge in [0.05, 0.1) is 5.75 Å². The highest BCUT2D eigenvalue weighted by atomic mass is 32.2. The minimum Gasteiger partial charge on any atom is -0.508 e. The average molecular weight is 371 g/mol. The van der Waals surface area contributed by atoms with Crippen molar-refractivity contribution < 1.29 is 19.1 Å². The summed E-state index contributed by atoms with van der Waals surface area (Å²) in [6.45, 7) is 0. The Morgan fingerprint density at radius 1 is 1.04 bits per heavy atom. The van der Waals surface area contributed by atoms with Crippen LogP contribution >= 0.6 is 11.8 Å². The number of hydrazine groups is 1. The quantitative estimate of drug-likeness (QED) is 0.453. The Morgan fingerprint density at radius 3 is 2.50 bits per heavy atom. The molecule has 0 unspecified atom stereocenters. The van der Waals surface area contributed by atoms with E-state index >= 15 is 0 Å². The van der Waals surface area contributed by atoms with Crippen LogP contribution in [0.2, 0.25) is 0 Å². The zero-order chi connectivity index (χ0) is 18.4. The molecule has 2 aromatic heterocycles. The molecule has 2 heterocycles. The molecule has 26 heavy (non-hydrogen) atoms. The molecule has 0 atom stereocenters. The molecule has 0 aliphatic heterocycles. The van der Waals surface area contributed by atoms with Crippen LogP contribution in [0.4, 0.5) is 0 Å². The number of hydrogen-bond acceptors (Lipinski definition) is 8. The van der Waals surface area contributed by atoms with Crippen LogP contribution in [0.1, 0.15) is 10.4 Å². The first-order chi connectivity index (χ1) is 12.6. The van der Waals surface area contributed by atoms with Gasteiger partial charge < -0.3 is 9.52 Å². The Balaban J connectivity index is 1.47. The van der Waals surface area contributed by atoms with Gasteiger partial charge in [0.2, 0.25) is 11.8 Å². The number of thioether (sulfide) groups is 1. The molecule has 9 nitrogen and oxygen atoms in total. The number of benzene rings is 1. The van der Waals surface area contributed by atoms with Crippen LogP contribution in [-0.4, -0.2) is 37.9 Å². The van der Waals surface area contributed by atoms with Crippen LogP contribution < -0.4 is 10.9 Å². The van der Waals surface area contributed by atoms with E-state index in [1.54, 1.807) is 12.1 Å². The number of aromatic hydroxyl groups is 1. The van der Waals surface area contributed by atoms with Gasteiger partial charge >= 0.3 is 0 Å². The third-order valence-electron chi connectivity index (χ3n) is 3.11. The first-order valence-electron chi connectivity index (χ1n) is 7.37. The second-order valence-corrected chi connectivity index (χ2v) is 5.87. The molecule has 0 spiro atoms. The molecule has 1 aromatic carbocycles. The van der Waals surface area contributed by atoms with Crippen LogP contribution in [-0.2, 0) is 4.79 Å². The summed E-state index contributed by atoms with van der Waals surface area (Å²) in [6.07, 6.45) is 2.96. The van der Waals surface area contributed by atoms with Gasteiger partial charge in [-0.25, -0.2) is 0 Å². The van der Waals surface area contributed by atoms with Gasteiger partial charge in [-0.15, -0.1) is 10.2 Å². The second-order valence-electron chi connectivity index (χ2n) is 4.95. The highest BCUT2D eigenvalue weighted by Crippen LogP contribution is 2.24. The Kier molecular flexibility index (Phi) is 5.44. The van der Waals surface area contributed by atoms with E-state index in [9.17, 15) is 14.7 Å². The molecule has 0 bridgehead atoms. The fraction of sp³-hybridized carbons (Fsp3) is 0.0625. The average Bonchev–Trinajstić information content (AvgIpc) is 3.14. The number of phenolic OH excluding ortho intramolecular Hbond substituents is 1. The van der Waals surface area contributed by atoms with E-state index in [1.807, 2.05) is 0 Å². The predicted molar refractivity (Wildman–Crippen MR) is 92.0 cm³/mol. The van der Waals surface area contributed by atoms with Crippen molar-refractivity contribution in [1.82, 2.24) is 26.0 Å².